The van der Waals surface area contributed by atoms with Gasteiger partial charge in [-0.05, 0) is 43.9 Å². The number of ether oxygens (including phenoxy) is 2. The molecule has 0 spiro atoms. The predicted molar refractivity (Wildman–Crippen MR) is 106 cm³/mol. The summed E-state index contributed by atoms with van der Waals surface area (Å²) in [6, 6.07) is 5.84. The molecule has 0 amide bonds. The Hall–Kier alpha value is -1.50. The fourth-order valence-electron chi connectivity index (χ4n) is 3.52. The molecule has 1 saturated carbocycles. The van der Waals surface area contributed by atoms with Crippen molar-refractivity contribution in [1.82, 2.24) is 5.32 Å². The van der Waals surface area contributed by atoms with Crippen LogP contribution in [0.4, 0.5) is 5.69 Å². The van der Waals surface area contributed by atoms with Crippen LogP contribution in [0.3, 0.4) is 0 Å². The lowest BCUT2D eigenvalue weighted by Crippen LogP contribution is -2.51. The summed E-state index contributed by atoms with van der Waals surface area (Å²) in [6.07, 6.45) is 6.81. The molecular formula is C19H29ClN4O2. The second kappa shape index (κ2) is 9.44. The standard InChI is InChI=1S/C19H29ClN4O2/c1-25-18-9-8-13(20)11-17(18)24-19(22-12-14-5-4-10-26-14)23-16-7-3-2-6-15(16)21/h8-9,11,14-16H,2-7,10,12,21H2,1H3,(H2,22,23,24)/t14?,15-,16-/m0/s1. The largest absolute Gasteiger partial charge is 0.495 e. The maximum Gasteiger partial charge on any atom is 0.196 e. The lowest BCUT2D eigenvalue weighted by Gasteiger charge is -2.31. The number of guanidine groups is 1. The van der Waals surface area contributed by atoms with E-state index in [-0.39, 0.29) is 18.2 Å². The number of nitrogens with two attached hydrogens (primary N) is 1. The number of nitrogens with one attached hydrogen (secondary N) is 2. The van der Waals surface area contributed by atoms with Crippen LogP contribution in [0.25, 0.3) is 0 Å². The molecule has 1 aliphatic heterocycles. The Bertz CT molecular complexity index is 620. The minimum Gasteiger partial charge on any atom is -0.495 e. The van der Waals surface area contributed by atoms with Crippen molar-refractivity contribution in [1.29, 1.82) is 0 Å². The average molecular weight is 381 g/mol. The zero-order chi connectivity index (χ0) is 18.4. The van der Waals surface area contributed by atoms with Crippen LogP contribution in [-0.2, 0) is 4.74 Å². The van der Waals surface area contributed by atoms with Gasteiger partial charge in [0, 0.05) is 23.7 Å². The maximum absolute atomic E-state index is 6.30. The van der Waals surface area contributed by atoms with E-state index >= 15 is 0 Å². The highest BCUT2D eigenvalue weighted by atomic mass is 35.5. The Labute approximate surface area is 160 Å². The molecule has 1 aliphatic carbocycles. The molecule has 0 aromatic heterocycles. The highest BCUT2D eigenvalue weighted by Gasteiger charge is 2.23. The van der Waals surface area contributed by atoms with Gasteiger partial charge in [-0.2, -0.15) is 0 Å². The summed E-state index contributed by atoms with van der Waals surface area (Å²) in [4.78, 5) is 4.75. The maximum atomic E-state index is 6.30. The zero-order valence-corrected chi connectivity index (χ0v) is 16.1. The first kappa shape index (κ1) is 19.3. The third kappa shape index (κ3) is 5.25. The van der Waals surface area contributed by atoms with Gasteiger partial charge in [0.2, 0.25) is 0 Å². The first-order valence-corrected chi connectivity index (χ1v) is 9.82. The molecule has 1 aromatic carbocycles. The molecule has 4 N–H and O–H groups in total. The summed E-state index contributed by atoms with van der Waals surface area (Å²) in [5.41, 5.74) is 7.08. The molecule has 2 fully saturated rings. The monoisotopic (exact) mass is 380 g/mol. The fourth-order valence-corrected chi connectivity index (χ4v) is 3.69. The van der Waals surface area contributed by atoms with Crippen molar-refractivity contribution in [3.8, 4) is 5.75 Å². The molecule has 0 radical (unpaired) electrons. The summed E-state index contributed by atoms with van der Waals surface area (Å²) >= 11 is 6.16. The number of rotatable bonds is 5. The van der Waals surface area contributed by atoms with Crippen LogP contribution in [-0.4, -0.2) is 44.4 Å². The molecule has 26 heavy (non-hydrogen) atoms. The van der Waals surface area contributed by atoms with Crippen LogP contribution in [0.15, 0.2) is 23.2 Å². The number of hydrogen-bond donors (Lipinski definition) is 3. The van der Waals surface area contributed by atoms with E-state index in [1.165, 1.54) is 12.8 Å². The molecule has 1 aromatic rings. The lowest BCUT2D eigenvalue weighted by molar-refractivity contribution is 0.117. The van der Waals surface area contributed by atoms with E-state index in [0.29, 0.717) is 23.3 Å². The van der Waals surface area contributed by atoms with E-state index in [4.69, 9.17) is 31.8 Å². The first-order valence-electron chi connectivity index (χ1n) is 9.44. The summed E-state index contributed by atoms with van der Waals surface area (Å²) in [7, 11) is 1.64. The van der Waals surface area contributed by atoms with Crippen LogP contribution in [0.5, 0.6) is 5.75 Å². The molecule has 144 valence electrons. The normalized spacial score (nSPS) is 26.6. The fraction of sp³-hybridized carbons (Fsp3) is 0.632. The van der Waals surface area contributed by atoms with Gasteiger partial charge in [0.1, 0.15) is 5.75 Å². The smallest absolute Gasteiger partial charge is 0.196 e. The van der Waals surface area contributed by atoms with Gasteiger partial charge in [-0.25, -0.2) is 0 Å². The van der Waals surface area contributed by atoms with Crippen LogP contribution in [0.1, 0.15) is 38.5 Å². The molecule has 3 atom stereocenters. The van der Waals surface area contributed by atoms with Gasteiger partial charge in [-0.15, -0.1) is 0 Å². The number of anilines is 1. The molecule has 1 heterocycles. The van der Waals surface area contributed by atoms with E-state index in [2.05, 4.69) is 10.6 Å². The van der Waals surface area contributed by atoms with Crippen LogP contribution < -0.4 is 21.1 Å². The third-order valence-electron chi connectivity index (χ3n) is 5.03. The summed E-state index contributed by atoms with van der Waals surface area (Å²) in [5, 5.41) is 7.50. The van der Waals surface area contributed by atoms with Crippen molar-refractivity contribution < 1.29 is 9.47 Å². The Kier molecular flexibility index (Phi) is 7.00. The molecule has 0 bridgehead atoms. The average Bonchev–Trinajstić information content (AvgIpc) is 3.15. The summed E-state index contributed by atoms with van der Waals surface area (Å²) < 4.78 is 11.1. The first-order chi connectivity index (χ1) is 12.7. The van der Waals surface area contributed by atoms with Crippen molar-refractivity contribution in [2.75, 3.05) is 25.6 Å². The Morgan fingerprint density at radius 3 is 2.88 bits per heavy atom. The predicted octanol–water partition coefficient (Wildman–Crippen LogP) is 3.16. The lowest BCUT2D eigenvalue weighted by atomic mass is 9.91. The second-order valence-electron chi connectivity index (χ2n) is 6.99. The van der Waals surface area contributed by atoms with Gasteiger partial charge in [-0.1, -0.05) is 24.4 Å². The van der Waals surface area contributed by atoms with Gasteiger partial charge in [0.25, 0.3) is 0 Å². The van der Waals surface area contributed by atoms with E-state index < -0.39 is 0 Å². The number of halogens is 1. The summed E-state index contributed by atoms with van der Waals surface area (Å²) in [6.45, 7) is 1.45. The van der Waals surface area contributed by atoms with Crippen molar-refractivity contribution in [3.05, 3.63) is 23.2 Å². The Morgan fingerprint density at radius 1 is 1.31 bits per heavy atom. The topological polar surface area (TPSA) is 80.9 Å². The number of methoxy groups -OCH3 is 1. The van der Waals surface area contributed by atoms with Crippen molar-refractivity contribution in [3.63, 3.8) is 0 Å². The van der Waals surface area contributed by atoms with Gasteiger partial charge >= 0.3 is 0 Å². The Morgan fingerprint density at radius 2 is 2.15 bits per heavy atom. The van der Waals surface area contributed by atoms with Gasteiger partial charge in [0.05, 0.1) is 25.4 Å². The van der Waals surface area contributed by atoms with E-state index in [1.807, 2.05) is 12.1 Å². The van der Waals surface area contributed by atoms with Gasteiger partial charge < -0.3 is 25.8 Å². The highest BCUT2D eigenvalue weighted by Crippen LogP contribution is 2.28. The molecule has 3 rings (SSSR count). The van der Waals surface area contributed by atoms with Crippen LogP contribution in [0.2, 0.25) is 5.02 Å². The van der Waals surface area contributed by atoms with E-state index in [9.17, 15) is 0 Å². The molecular weight excluding hydrogens is 352 g/mol. The number of nitrogens with zero attached hydrogens (tertiary/aromatic N) is 1. The molecule has 7 heteroatoms. The molecule has 2 aliphatic rings. The van der Waals surface area contributed by atoms with Crippen LogP contribution >= 0.6 is 11.6 Å². The van der Waals surface area contributed by atoms with Crippen molar-refractivity contribution >= 4 is 23.2 Å². The minimum atomic E-state index is 0.139. The van der Waals surface area contributed by atoms with Crippen LogP contribution in [0, 0.1) is 0 Å². The quantitative estimate of drug-likeness (QED) is 0.540. The van der Waals surface area contributed by atoms with Gasteiger partial charge in [0.15, 0.2) is 5.96 Å². The molecule has 1 unspecified atom stereocenters. The SMILES string of the molecule is COc1ccc(Cl)cc1NC(=NCC1CCCO1)N[C@H]1CCCC[C@@H]1N. The molecule has 1 saturated heterocycles. The second-order valence-corrected chi connectivity index (χ2v) is 7.43. The van der Waals surface area contributed by atoms with Crippen molar-refractivity contribution in [2.24, 2.45) is 10.7 Å². The summed E-state index contributed by atoms with van der Waals surface area (Å²) in [5.74, 6) is 1.41. The highest BCUT2D eigenvalue weighted by molar-refractivity contribution is 6.31. The number of benzene rings is 1. The molecule has 6 nitrogen and oxygen atoms in total. The number of hydrogen-bond acceptors (Lipinski definition) is 4. The number of aliphatic imine (C=N–C) groups is 1. The van der Waals surface area contributed by atoms with E-state index in [1.54, 1.807) is 13.2 Å². The third-order valence-corrected chi connectivity index (χ3v) is 5.27. The van der Waals surface area contributed by atoms with Gasteiger partial charge in [-0.3, -0.25) is 4.99 Å². The Balaban J connectivity index is 1.75. The van der Waals surface area contributed by atoms with Crippen molar-refractivity contribution in [2.45, 2.75) is 56.7 Å². The van der Waals surface area contributed by atoms with E-state index in [0.717, 1.165) is 38.0 Å². The zero-order valence-electron chi connectivity index (χ0n) is 15.3. The minimum absolute atomic E-state index is 0.139.